The van der Waals surface area contributed by atoms with Crippen LogP contribution in [-0.2, 0) is 11.2 Å². The van der Waals surface area contributed by atoms with Crippen molar-refractivity contribution in [2.75, 3.05) is 6.61 Å². The van der Waals surface area contributed by atoms with Crippen LogP contribution in [0.2, 0.25) is 0 Å². The summed E-state index contributed by atoms with van der Waals surface area (Å²) in [6, 6.07) is 11.4. The number of carbonyl (C=O) groups excluding carboxylic acids is 2. The van der Waals surface area contributed by atoms with Gasteiger partial charge in [-0.25, -0.2) is 4.99 Å². The van der Waals surface area contributed by atoms with Crippen LogP contribution >= 0.6 is 0 Å². The number of benzene rings is 2. The molecule has 0 aliphatic carbocycles. The highest BCUT2D eigenvalue weighted by molar-refractivity contribution is 6.00. The molecule has 0 fully saturated rings. The van der Waals surface area contributed by atoms with Crippen LogP contribution in [0.5, 0.6) is 11.5 Å². The number of nitrogens with one attached hydrogen (secondary N) is 1. The molecule has 6 bridgehead atoms. The highest BCUT2D eigenvalue weighted by Crippen LogP contribution is 2.42. The first-order valence-corrected chi connectivity index (χ1v) is 14.4. The number of hydrogen-bond acceptors (Lipinski definition) is 6. The minimum Gasteiger partial charge on any atom is -0.493 e. The van der Waals surface area contributed by atoms with E-state index in [4.69, 9.17) is 20.2 Å². The fraction of sp³-hybridized carbons (Fsp3) is 0.516. The van der Waals surface area contributed by atoms with Gasteiger partial charge in [0.2, 0.25) is 5.91 Å². The van der Waals surface area contributed by atoms with Crippen molar-refractivity contribution >= 4 is 17.8 Å². The molecule has 0 unspecified atom stereocenters. The second-order valence-electron chi connectivity index (χ2n) is 11.4. The first-order chi connectivity index (χ1) is 18.9. The molecule has 8 nitrogen and oxygen atoms in total. The maximum absolute atomic E-state index is 13.6. The van der Waals surface area contributed by atoms with E-state index < -0.39 is 5.54 Å². The topological polar surface area (TPSA) is 106 Å². The highest BCUT2D eigenvalue weighted by atomic mass is 16.5. The largest absolute Gasteiger partial charge is 0.493 e. The van der Waals surface area contributed by atoms with Crippen molar-refractivity contribution in [3.63, 3.8) is 0 Å². The van der Waals surface area contributed by atoms with Gasteiger partial charge in [-0.05, 0) is 61.9 Å². The lowest BCUT2D eigenvalue weighted by Crippen LogP contribution is -2.53. The van der Waals surface area contributed by atoms with Crippen LogP contribution in [0.4, 0.5) is 0 Å². The second-order valence-corrected chi connectivity index (χ2v) is 11.4. The molecule has 0 spiro atoms. The van der Waals surface area contributed by atoms with Crippen LogP contribution < -0.4 is 20.5 Å². The standard InChI is InChI=1S/C31H38N4O4/c1-3-21-17-24-22-15-19(8-10-27(22)39-21)7-5-6-13-31(4-2)18-28(36)35(30(32)34-31)25-12-14-38-26-11-9-20(16-23(25)26)29(37)33-24/h8-11,15-16,21,24-25H,3-7,12-14,17-18H2,1-2H3,(H2,32,34)(H,33,37)/t21-,24+,25-,31-/m1/s1. The van der Waals surface area contributed by atoms with Crippen molar-refractivity contribution in [2.45, 2.75) is 95.4 Å². The van der Waals surface area contributed by atoms with Gasteiger partial charge in [-0.1, -0.05) is 32.4 Å². The molecular formula is C31H38N4O4. The average Bonchev–Trinajstić information content (AvgIpc) is 2.94. The molecule has 2 aromatic carbocycles. The normalized spacial score (nSPS) is 28.4. The van der Waals surface area contributed by atoms with Gasteiger partial charge < -0.3 is 20.5 Å². The summed E-state index contributed by atoms with van der Waals surface area (Å²) in [7, 11) is 0. The van der Waals surface area contributed by atoms with Gasteiger partial charge in [0, 0.05) is 29.5 Å². The lowest BCUT2D eigenvalue weighted by Gasteiger charge is -2.42. The molecule has 5 aliphatic heterocycles. The van der Waals surface area contributed by atoms with E-state index in [2.05, 4.69) is 37.4 Å². The zero-order chi connectivity index (χ0) is 27.1. The van der Waals surface area contributed by atoms with Gasteiger partial charge in [-0.2, -0.15) is 0 Å². The first-order valence-electron chi connectivity index (χ1n) is 14.4. The van der Waals surface area contributed by atoms with Crippen molar-refractivity contribution in [3.8, 4) is 11.5 Å². The second kappa shape index (κ2) is 10.2. The monoisotopic (exact) mass is 530 g/mol. The van der Waals surface area contributed by atoms with E-state index in [9.17, 15) is 9.59 Å². The lowest BCUT2D eigenvalue weighted by atomic mass is 9.84. The molecule has 7 rings (SSSR count). The third-order valence-electron chi connectivity index (χ3n) is 8.96. The van der Waals surface area contributed by atoms with Crippen LogP contribution in [0.15, 0.2) is 41.4 Å². The van der Waals surface area contributed by atoms with Crippen molar-refractivity contribution in [1.82, 2.24) is 10.2 Å². The van der Waals surface area contributed by atoms with E-state index in [1.54, 1.807) is 11.0 Å². The molecule has 0 saturated carbocycles. The van der Waals surface area contributed by atoms with Gasteiger partial charge >= 0.3 is 0 Å². The number of aliphatic imine (C=N–C) groups is 1. The van der Waals surface area contributed by atoms with Gasteiger partial charge in [0.25, 0.3) is 5.91 Å². The van der Waals surface area contributed by atoms with E-state index in [0.717, 1.165) is 61.8 Å². The average molecular weight is 531 g/mol. The van der Waals surface area contributed by atoms with Crippen molar-refractivity contribution in [1.29, 1.82) is 0 Å². The quantitative estimate of drug-likeness (QED) is 0.571. The lowest BCUT2D eigenvalue weighted by molar-refractivity contribution is -0.132. The molecule has 2 aromatic rings. The number of nitrogens with zero attached hydrogens (tertiary/aromatic N) is 2. The summed E-state index contributed by atoms with van der Waals surface area (Å²) in [5, 5.41) is 3.29. The maximum atomic E-state index is 13.6. The molecule has 5 heterocycles. The smallest absolute Gasteiger partial charge is 0.251 e. The summed E-state index contributed by atoms with van der Waals surface area (Å²) in [6.45, 7) is 4.67. The molecule has 206 valence electrons. The third kappa shape index (κ3) is 4.74. The maximum Gasteiger partial charge on any atom is 0.251 e. The van der Waals surface area contributed by atoms with Crippen LogP contribution in [-0.4, -0.2) is 40.9 Å². The van der Waals surface area contributed by atoms with Gasteiger partial charge in [0.05, 0.1) is 30.7 Å². The Hall–Kier alpha value is -3.55. The van der Waals surface area contributed by atoms with Gasteiger partial charge in [-0.3, -0.25) is 14.5 Å². The Labute approximate surface area is 229 Å². The summed E-state index contributed by atoms with van der Waals surface area (Å²) in [5.74, 6) is 1.64. The summed E-state index contributed by atoms with van der Waals surface area (Å²) in [5.41, 5.74) is 9.67. The number of carbonyl (C=O) groups is 2. The number of fused-ring (bicyclic) bond motifs is 5. The fourth-order valence-corrected chi connectivity index (χ4v) is 6.64. The Morgan fingerprint density at radius 2 is 1.95 bits per heavy atom. The Bertz CT molecular complexity index is 1320. The van der Waals surface area contributed by atoms with E-state index >= 15 is 0 Å². The Morgan fingerprint density at radius 3 is 2.74 bits per heavy atom. The minimum atomic E-state index is -0.469. The number of nitrogens with two attached hydrogens (primary N) is 1. The highest BCUT2D eigenvalue weighted by Gasteiger charge is 2.42. The molecule has 8 heteroatoms. The third-order valence-corrected chi connectivity index (χ3v) is 8.96. The summed E-state index contributed by atoms with van der Waals surface area (Å²) in [4.78, 5) is 33.9. The van der Waals surface area contributed by atoms with Crippen LogP contribution in [0.3, 0.4) is 0 Å². The molecule has 0 radical (unpaired) electrons. The molecule has 39 heavy (non-hydrogen) atoms. The van der Waals surface area contributed by atoms with Crippen LogP contribution in [0.25, 0.3) is 0 Å². The Kier molecular flexibility index (Phi) is 6.73. The summed E-state index contributed by atoms with van der Waals surface area (Å²) in [6.07, 6.45) is 7.01. The number of guanidine groups is 1. The predicted molar refractivity (Wildman–Crippen MR) is 149 cm³/mol. The summed E-state index contributed by atoms with van der Waals surface area (Å²) < 4.78 is 12.2. The minimum absolute atomic E-state index is 0.00813. The van der Waals surface area contributed by atoms with E-state index in [0.29, 0.717) is 30.8 Å². The number of hydrogen-bond donors (Lipinski definition) is 2. The number of amides is 2. The molecular weight excluding hydrogens is 492 g/mol. The van der Waals surface area contributed by atoms with Crippen LogP contribution in [0.1, 0.15) is 104 Å². The Morgan fingerprint density at radius 1 is 1.10 bits per heavy atom. The van der Waals surface area contributed by atoms with Crippen LogP contribution in [0, 0.1) is 0 Å². The first kappa shape index (κ1) is 25.7. The Balaban J connectivity index is 1.43. The molecule has 0 saturated heterocycles. The predicted octanol–water partition coefficient (Wildman–Crippen LogP) is 4.96. The number of ether oxygens (including phenoxy) is 2. The van der Waals surface area contributed by atoms with Gasteiger partial charge in [-0.15, -0.1) is 0 Å². The molecule has 2 amide bonds. The van der Waals surface area contributed by atoms with Crippen molar-refractivity contribution in [2.24, 2.45) is 10.7 Å². The molecule has 0 aromatic heterocycles. The molecule has 5 aliphatic rings. The zero-order valence-corrected chi connectivity index (χ0v) is 22.9. The molecule has 4 atom stereocenters. The number of aryl methyl sites for hydroxylation is 1. The van der Waals surface area contributed by atoms with Crippen molar-refractivity contribution < 1.29 is 19.1 Å². The van der Waals surface area contributed by atoms with Gasteiger partial charge in [0.1, 0.15) is 17.6 Å². The summed E-state index contributed by atoms with van der Waals surface area (Å²) >= 11 is 0. The SMILES string of the molecule is CC[C@@H]1C[C@@H]2NC(=O)c3ccc4c(c3)[C@@H](CCO4)N3C(=O)C[C@@](CC)(CCCCc4ccc(c2c4)O1)N=C3N. The van der Waals surface area contributed by atoms with Gasteiger partial charge in [0.15, 0.2) is 5.96 Å². The van der Waals surface area contributed by atoms with Crippen molar-refractivity contribution in [3.05, 3.63) is 58.7 Å². The van der Waals surface area contributed by atoms with E-state index in [-0.39, 0.29) is 36.0 Å². The van der Waals surface area contributed by atoms with E-state index in [1.807, 2.05) is 12.1 Å². The molecule has 3 N–H and O–H groups in total. The van der Waals surface area contributed by atoms with E-state index in [1.165, 1.54) is 5.56 Å². The fourth-order valence-electron chi connectivity index (χ4n) is 6.64. The number of rotatable bonds is 2. The zero-order valence-electron chi connectivity index (χ0n) is 22.9.